The summed E-state index contributed by atoms with van der Waals surface area (Å²) in [6.45, 7) is 12.1. The summed E-state index contributed by atoms with van der Waals surface area (Å²) in [7, 11) is 0. The van der Waals surface area contributed by atoms with Crippen molar-refractivity contribution in [1.82, 2.24) is 29.6 Å². The fourth-order valence-electron chi connectivity index (χ4n) is 4.45. The standard InChI is InChI=1S/C26H30ClN7O/c1-15(2)33-24(35)19-14-30-25(31-21-11-16-6-8-28-13-17(16)10-20(21)27)32-23(19)34(33)18-7-9-29-22(12-18)26(3,4)5/h7,9-12,14-15,28H,6,8,13H2,1-5H3,(H,30,31,32). The largest absolute Gasteiger partial charge is 0.323 e. The van der Waals surface area contributed by atoms with Crippen molar-refractivity contribution in [2.75, 3.05) is 11.9 Å². The molecule has 0 radical (unpaired) electrons. The average Bonchev–Trinajstić information content (AvgIpc) is 3.11. The number of hydrogen-bond donors (Lipinski definition) is 2. The number of nitrogens with zero attached hydrogens (tertiary/aromatic N) is 5. The second-order valence-electron chi connectivity index (χ2n) is 10.3. The highest BCUT2D eigenvalue weighted by atomic mass is 35.5. The zero-order valence-electron chi connectivity index (χ0n) is 20.7. The van der Waals surface area contributed by atoms with Gasteiger partial charge in [0.15, 0.2) is 5.65 Å². The van der Waals surface area contributed by atoms with Gasteiger partial charge < -0.3 is 10.6 Å². The van der Waals surface area contributed by atoms with E-state index in [-0.39, 0.29) is 17.0 Å². The van der Waals surface area contributed by atoms with E-state index in [1.165, 1.54) is 11.1 Å². The quantitative estimate of drug-likeness (QED) is 0.422. The molecule has 0 fully saturated rings. The second kappa shape index (κ2) is 8.77. The number of halogens is 1. The second-order valence-corrected chi connectivity index (χ2v) is 10.7. The Morgan fingerprint density at radius 1 is 1.14 bits per heavy atom. The predicted octanol–water partition coefficient (Wildman–Crippen LogP) is 4.90. The van der Waals surface area contributed by atoms with Gasteiger partial charge in [-0.05, 0) is 62.2 Å². The van der Waals surface area contributed by atoms with Gasteiger partial charge in [-0.15, -0.1) is 0 Å². The van der Waals surface area contributed by atoms with E-state index in [0.717, 1.165) is 36.6 Å². The lowest BCUT2D eigenvalue weighted by Gasteiger charge is -2.20. The maximum absolute atomic E-state index is 13.3. The SMILES string of the molecule is CC(C)n1c(=O)c2cnc(Nc3cc4c(cc3Cl)CNCC4)nc2n1-c1ccnc(C(C)(C)C)c1. The van der Waals surface area contributed by atoms with Gasteiger partial charge in [0.05, 0.1) is 16.4 Å². The highest BCUT2D eigenvalue weighted by Crippen LogP contribution is 2.30. The van der Waals surface area contributed by atoms with Crippen molar-refractivity contribution in [2.45, 2.75) is 59.0 Å². The molecule has 4 heterocycles. The Balaban J connectivity index is 1.65. The average molecular weight is 492 g/mol. The number of benzene rings is 1. The smallest absolute Gasteiger partial charge is 0.278 e. The summed E-state index contributed by atoms with van der Waals surface area (Å²) in [5.41, 5.74) is 5.24. The van der Waals surface area contributed by atoms with Crippen LogP contribution in [-0.4, -0.2) is 30.9 Å². The first-order chi connectivity index (χ1) is 16.6. The van der Waals surface area contributed by atoms with E-state index in [9.17, 15) is 4.79 Å². The van der Waals surface area contributed by atoms with Gasteiger partial charge in [0.25, 0.3) is 5.56 Å². The van der Waals surface area contributed by atoms with Crippen LogP contribution in [0.3, 0.4) is 0 Å². The molecular formula is C26H30ClN7O. The van der Waals surface area contributed by atoms with Crippen LogP contribution in [0.15, 0.2) is 41.5 Å². The van der Waals surface area contributed by atoms with Crippen LogP contribution in [0.2, 0.25) is 5.02 Å². The molecule has 0 aliphatic carbocycles. The Morgan fingerprint density at radius 3 is 2.69 bits per heavy atom. The third kappa shape index (κ3) is 4.32. The molecule has 1 aliphatic heterocycles. The number of rotatable bonds is 4. The molecule has 3 aromatic heterocycles. The Hall–Kier alpha value is -3.23. The van der Waals surface area contributed by atoms with E-state index in [2.05, 4.69) is 47.4 Å². The minimum Gasteiger partial charge on any atom is -0.323 e. The predicted molar refractivity (Wildman–Crippen MR) is 140 cm³/mol. The van der Waals surface area contributed by atoms with Crippen molar-refractivity contribution in [3.8, 4) is 5.69 Å². The van der Waals surface area contributed by atoms with Crippen LogP contribution in [0.5, 0.6) is 0 Å². The maximum Gasteiger partial charge on any atom is 0.278 e. The third-order valence-corrected chi connectivity index (χ3v) is 6.60. The normalized spacial score (nSPS) is 13.9. The Kier molecular flexibility index (Phi) is 5.89. The van der Waals surface area contributed by atoms with Crippen LogP contribution in [0.1, 0.15) is 57.5 Å². The van der Waals surface area contributed by atoms with Gasteiger partial charge in [-0.3, -0.25) is 9.78 Å². The third-order valence-electron chi connectivity index (χ3n) is 6.29. The highest BCUT2D eigenvalue weighted by Gasteiger charge is 2.22. The summed E-state index contributed by atoms with van der Waals surface area (Å²) in [5.74, 6) is 0.382. The van der Waals surface area contributed by atoms with Crippen LogP contribution in [0.25, 0.3) is 16.7 Å². The first-order valence-electron chi connectivity index (χ1n) is 11.9. The molecule has 0 unspecified atom stereocenters. The molecule has 0 saturated carbocycles. The fraction of sp³-hybridized carbons (Fsp3) is 0.385. The van der Waals surface area contributed by atoms with Crippen LogP contribution in [0, 0.1) is 0 Å². The van der Waals surface area contributed by atoms with E-state index in [1.54, 1.807) is 17.1 Å². The molecular weight excluding hydrogens is 462 g/mol. The van der Waals surface area contributed by atoms with Gasteiger partial charge in [0, 0.05) is 36.1 Å². The lowest BCUT2D eigenvalue weighted by Crippen LogP contribution is -2.24. The van der Waals surface area contributed by atoms with Crippen LogP contribution in [-0.2, 0) is 18.4 Å². The van der Waals surface area contributed by atoms with Crippen LogP contribution < -0.4 is 16.2 Å². The van der Waals surface area contributed by atoms with E-state index in [4.69, 9.17) is 16.6 Å². The maximum atomic E-state index is 13.3. The van der Waals surface area contributed by atoms with Crippen molar-refractivity contribution >= 4 is 34.3 Å². The Labute approximate surface area is 209 Å². The first-order valence-corrected chi connectivity index (χ1v) is 12.3. The molecule has 0 spiro atoms. The van der Waals surface area contributed by atoms with Gasteiger partial charge in [0.2, 0.25) is 5.95 Å². The molecule has 5 rings (SSSR count). The molecule has 0 amide bonds. The summed E-state index contributed by atoms with van der Waals surface area (Å²) in [6.07, 6.45) is 4.31. The summed E-state index contributed by atoms with van der Waals surface area (Å²) in [4.78, 5) is 27.1. The van der Waals surface area contributed by atoms with Crippen molar-refractivity contribution < 1.29 is 0 Å². The number of anilines is 2. The Morgan fingerprint density at radius 2 is 1.94 bits per heavy atom. The lowest BCUT2D eigenvalue weighted by molar-refractivity contribution is 0.474. The minimum atomic E-state index is -0.137. The molecule has 4 aromatic rings. The number of hydrogen-bond acceptors (Lipinski definition) is 6. The minimum absolute atomic E-state index is 0.0805. The van der Waals surface area contributed by atoms with Crippen molar-refractivity contribution in [1.29, 1.82) is 0 Å². The topological polar surface area (TPSA) is 89.7 Å². The molecule has 0 saturated heterocycles. The zero-order chi connectivity index (χ0) is 24.9. The molecule has 35 heavy (non-hydrogen) atoms. The summed E-state index contributed by atoms with van der Waals surface area (Å²) in [6, 6.07) is 7.89. The van der Waals surface area contributed by atoms with Gasteiger partial charge in [0.1, 0.15) is 5.39 Å². The van der Waals surface area contributed by atoms with Gasteiger partial charge in [-0.1, -0.05) is 32.4 Å². The fourth-order valence-corrected chi connectivity index (χ4v) is 4.69. The summed E-state index contributed by atoms with van der Waals surface area (Å²) in [5, 5.41) is 7.71. The van der Waals surface area contributed by atoms with Crippen molar-refractivity contribution in [2.24, 2.45) is 0 Å². The Bertz CT molecular complexity index is 1480. The van der Waals surface area contributed by atoms with Crippen molar-refractivity contribution in [3.63, 3.8) is 0 Å². The van der Waals surface area contributed by atoms with Gasteiger partial charge in [-0.2, -0.15) is 4.98 Å². The van der Waals surface area contributed by atoms with Crippen LogP contribution in [0.4, 0.5) is 11.6 Å². The molecule has 1 aromatic carbocycles. The molecule has 0 bridgehead atoms. The first kappa shape index (κ1) is 23.5. The van der Waals surface area contributed by atoms with Crippen molar-refractivity contribution in [3.05, 3.63) is 68.9 Å². The molecule has 0 atom stereocenters. The molecule has 182 valence electrons. The zero-order valence-corrected chi connectivity index (χ0v) is 21.4. The summed E-state index contributed by atoms with van der Waals surface area (Å²) >= 11 is 6.58. The number of nitrogens with one attached hydrogen (secondary N) is 2. The number of aromatic nitrogens is 5. The molecule has 8 nitrogen and oxygen atoms in total. The molecule has 9 heteroatoms. The number of fused-ring (bicyclic) bond motifs is 2. The van der Waals surface area contributed by atoms with Gasteiger partial charge >= 0.3 is 0 Å². The van der Waals surface area contributed by atoms with E-state index >= 15 is 0 Å². The molecule has 2 N–H and O–H groups in total. The van der Waals surface area contributed by atoms with E-state index in [0.29, 0.717) is 22.0 Å². The number of pyridine rings is 1. The lowest BCUT2D eigenvalue weighted by atomic mass is 9.91. The highest BCUT2D eigenvalue weighted by molar-refractivity contribution is 6.33. The van der Waals surface area contributed by atoms with Crippen LogP contribution >= 0.6 is 11.6 Å². The van der Waals surface area contributed by atoms with E-state index < -0.39 is 0 Å². The molecule has 1 aliphatic rings. The monoisotopic (exact) mass is 491 g/mol. The van der Waals surface area contributed by atoms with E-state index in [1.807, 2.05) is 36.7 Å². The van der Waals surface area contributed by atoms with Gasteiger partial charge in [-0.25, -0.2) is 14.3 Å². The summed E-state index contributed by atoms with van der Waals surface area (Å²) < 4.78 is 3.58.